The minimum Gasteiger partial charge on any atom is -0.385 e. The predicted octanol–water partition coefficient (Wildman–Crippen LogP) is 0.882. The largest absolute Gasteiger partial charge is 0.385 e. The van der Waals surface area contributed by atoms with Crippen molar-refractivity contribution in [3.63, 3.8) is 0 Å². The van der Waals surface area contributed by atoms with E-state index in [0.29, 0.717) is 0 Å². The number of methoxy groups -OCH3 is 1. The first kappa shape index (κ1) is 11.1. The number of H-pyrrole nitrogens is 1. The Bertz CT molecular complexity index is 225. The van der Waals surface area contributed by atoms with Crippen LogP contribution in [0.4, 0.5) is 0 Å². The third-order valence-corrected chi connectivity index (χ3v) is 2.08. The molecule has 5 nitrogen and oxygen atoms in total. The molecular weight excluding hydrogens is 180 g/mol. The molecule has 0 saturated carbocycles. The van der Waals surface area contributed by atoms with Crippen LogP contribution in [0.3, 0.4) is 0 Å². The number of nitrogens with zero attached hydrogens (tertiary/aromatic N) is 2. The van der Waals surface area contributed by atoms with Crippen LogP contribution in [0.25, 0.3) is 0 Å². The summed E-state index contributed by atoms with van der Waals surface area (Å²) in [7, 11) is 1.72. The van der Waals surface area contributed by atoms with E-state index in [4.69, 9.17) is 4.74 Å². The van der Waals surface area contributed by atoms with E-state index in [1.54, 1.807) is 13.3 Å². The van der Waals surface area contributed by atoms with Crippen LogP contribution in [0.15, 0.2) is 6.20 Å². The molecule has 0 saturated heterocycles. The van der Waals surface area contributed by atoms with Crippen molar-refractivity contribution < 1.29 is 4.74 Å². The van der Waals surface area contributed by atoms with Gasteiger partial charge in [0.15, 0.2) is 0 Å². The van der Waals surface area contributed by atoms with Gasteiger partial charge in [0, 0.05) is 13.7 Å². The smallest absolute Gasteiger partial charge is 0.0993 e. The van der Waals surface area contributed by atoms with Crippen molar-refractivity contribution in [2.45, 2.75) is 25.8 Å². The zero-order valence-corrected chi connectivity index (χ0v) is 8.79. The normalized spacial score (nSPS) is 13.0. The van der Waals surface area contributed by atoms with Gasteiger partial charge >= 0.3 is 0 Å². The van der Waals surface area contributed by atoms with Crippen LogP contribution < -0.4 is 5.32 Å². The van der Waals surface area contributed by atoms with Gasteiger partial charge in [-0.25, -0.2) is 0 Å². The van der Waals surface area contributed by atoms with Crippen molar-refractivity contribution in [1.29, 1.82) is 0 Å². The maximum atomic E-state index is 5.02. The van der Waals surface area contributed by atoms with Gasteiger partial charge in [-0.1, -0.05) is 6.92 Å². The second-order valence-corrected chi connectivity index (χ2v) is 3.14. The molecule has 1 heterocycles. The highest BCUT2D eigenvalue weighted by atomic mass is 16.5. The van der Waals surface area contributed by atoms with E-state index in [-0.39, 0.29) is 6.04 Å². The molecule has 80 valence electrons. The van der Waals surface area contributed by atoms with E-state index in [0.717, 1.165) is 31.7 Å². The lowest BCUT2D eigenvalue weighted by Gasteiger charge is -2.14. The third kappa shape index (κ3) is 3.43. The number of nitrogens with one attached hydrogen (secondary N) is 2. The molecule has 0 aliphatic carbocycles. The molecule has 0 bridgehead atoms. The Labute approximate surface area is 84.2 Å². The second kappa shape index (κ2) is 6.50. The van der Waals surface area contributed by atoms with E-state index in [9.17, 15) is 0 Å². The van der Waals surface area contributed by atoms with Gasteiger partial charge in [0.2, 0.25) is 0 Å². The quantitative estimate of drug-likeness (QED) is 0.638. The van der Waals surface area contributed by atoms with Gasteiger partial charge < -0.3 is 10.1 Å². The van der Waals surface area contributed by atoms with E-state index in [1.807, 2.05) is 0 Å². The summed E-state index contributed by atoms with van der Waals surface area (Å²) < 4.78 is 5.02. The van der Waals surface area contributed by atoms with Gasteiger partial charge in [0.25, 0.3) is 0 Å². The molecule has 0 aromatic carbocycles. The lowest BCUT2D eigenvalue weighted by molar-refractivity contribution is 0.188. The highest BCUT2D eigenvalue weighted by Crippen LogP contribution is 2.14. The van der Waals surface area contributed by atoms with Crippen LogP contribution in [0.1, 0.15) is 31.5 Å². The molecule has 1 unspecified atom stereocenters. The van der Waals surface area contributed by atoms with Gasteiger partial charge in [0.1, 0.15) is 0 Å². The minimum absolute atomic E-state index is 0.286. The first-order chi connectivity index (χ1) is 6.88. The fourth-order valence-electron chi connectivity index (χ4n) is 1.41. The average molecular weight is 198 g/mol. The van der Waals surface area contributed by atoms with Crippen molar-refractivity contribution in [3.05, 3.63) is 11.9 Å². The lowest BCUT2D eigenvalue weighted by Crippen LogP contribution is -2.21. The Morgan fingerprint density at radius 3 is 3.07 bits per heavy atom. The van der Waals surface area contributed by atoms with E-state index in [2.05, 4.69) is 27.7 Å². The Morgan fingerprint density at radius 2 is 2.50 bits per heavy atom. The van der Waals surface area contributed by atoms with Gasteiger partial charge in [-0.2, -0.15) is 15.4 Å². The highest BCUT2D eigenvalue weighted by molar-refractivity contribution is 4.99. The molecule has 1 aromatic rings. The summed E-state index contributed by atoms with van der Waals surface area (Å²) >= 11 is 0. The highest BCUT2D eigenvalue weighted by Gasteiger charge is 2.11. The van der Waals surface area contributed by atoms with Crippen LogP contribution in [0.5, 0.6) is 0 Å². The molecule has 0 radical (unpaired) electrons. The molecule has 0 amide bonds. The summed E-state index contributed by atoms with van der Waals surface area (Å²) in [5, 5.41) is 13.9. The van der Waals surface area contributed by atoms with Crippen molar-refractivity contribution in [2.24, 2.45) is 0 Å². The van der Waals surface area contributed by atoms with Crippen molar-refractivity contribution in [1.82, 2.24) is 20.7 Å². The fourth-order valence-corrected chi connectivity index (χ4v) is 1.41. The van der Waals surface area contributed by atoms with Crippen LogP contribution in [0.2, 0.25) is 0 Å². The Kier molecular flexibility index (Phi) is 5.17. The summed E-state index contributed by atoms with van der Waals surface area (Å²) in [6, 6.07) is 0.286. The van der Waals surface area contributed by atoms with Crippen molar-refractivity contribution >= 4 is 0 Å². The van der Waals surface area contributed by atoms with Gasteiger partial charge in [-0.05, 0) is 19.4 Å². The molecule has 1 rings (SSSR count). The van der Waals surface area contributed by atoms with Gasteiger partial charge in [0.05, 0.1) is 17.9 Å². The van der Waals surface area contributed by atoms with E-state index >= 15 is 0 Å². The zero-order chi connectivity index (χ0) is 10.2. The molecule has 0 aliphatic rings. The molecule has 1 aromatic heterocycles. The lowest BCUT2D eigenvalue weighted by atomic mass is 10.1. The summed E-state index contributed by atoms with van der Waals surface area (Å²) in [4.78, 5) is 0. The van der Waals surface area contributed by atoms with Crippen LogP contribution in [-0.4, -0.2) is 35.7 Å². The average Bonchev–Trinajstić information content (AvgIpc) is 2.70. The molecule has 5 heteroatoms. The second-order valence-electron chi connectivity index (χ2n) is 3.14. The number of aromatic nitrogens is 3. The summed E-state index contributed by atoms with van der Waals surface area (Å²) in [5.41, 5.74) is 0.975. The minimum atomic E-state index is 0.286. The van der Waals surface area contributed by atoms with Crippen LogP contribution >= 0.6 is 0 Å². The molecular formula is C9H18N4O. The maximum absolute atomic E-state index is 5.02. The van der Waals surface area contributed by atoms with E-state index < -0.39 is 0 Å². The Balaban J connectivity index is 2.39. The molecule has 0 aliphatic heterocycles. The number of hydrogen-bond acceptors (Lipinski definition) is 4. The number of hydrogen-bond donors (Lipinski definition) is 2. The standard InChI is InChI=1S/C9H18N4O/c1-3-10-8(5-4-6-14-2)9-7-11-13-12-9/h7-8,10H,3-6H2,1-2H3,(H,11,12,13). The molecule has 2 N–H and O–H groups in total. The summed E-state index contributed by atoms with van der Waals surface area (Å²) in [5.74, 6) is 0. The number of rotatable bonds is 7. The summed E-state index contributed by atoms with van der Waals surface area (Å²) in [6.45, 7) is 3.81. The van der Waals surface area contributed by atoms with Gasteiger partial charge in [-0.15, -0.1) is 0 Å². The van der Waals surface area contributed by atoms with E-state index in [1.165, 1.54) is 0 Å². The van der Waals surface area contributed by atoms with Crippen molar-refractivity contribution in [3.8, 4) is 0 Å². The molecule has 0 spiro atoms. The first-order valence-corrected chi connectivity index (χ1v) is 4.96. The maximum Gasteiger partial charge on any atom is 0.0993 e. The first-order valence-electron chi connectivity index (χ1n) is 4.96. The fraction of sp³-hybridized carbons (Fsp3) is 0.778. The molecule has 0 fully saturated rings. The Morgan fingerprint density at radius 1 is 1.64 bits per heavy atom. The van der Waals surface area contributed by atoms with Gasteiger partial charge in [-0.3, -0.25) is 0 Å². The number of ether oxygens (including phenoxy) is 1. The van der Waals surface area contributed by atoms with Crippen LogP contribution in [0, 0.1) is 0 Å². The SMILES string of the molecule is CCNC(CCCOC)c1cn[nH]n1. The molecule has 1 atom stereocenters. The zero-order valence-electron chi connectivity index (χ0n) is 8.79. The Hall–Kier alpha value is -0.940. The number of aromatic amines is 1. The van der Waals surface area contributed by atoms with Crippen LogP contribution in [-0.2, 0) is 4.74 Å². The molecule has 14 heavy (non-hydrogen) atoms. The topological polar surface area (TPSA) is 62.8 Å². The third-order valence-electron chi connectivity index (χ3n) is 2.08. The monoisotopic (exact) mass is 198 g/mol. The van der Waals surface area contributed by atoms with Crippen molar-refractivity contribution in [2.75, 3.05) is 20.3 Å². The summed E-state index contributed by atoms with van der Waals surface area (Å²) in [6.07, 6.45) is 3.81. The predicted molar refractivity (Wildman–Crippen MR) is 53.9 cm³/mol.